The Hall–Kier alpha value is -2.00. The van der Waals surface area contributed by atoms with E-state index in [-0.39, 0.29) is 16.7 Å². The zero-order chi connectivity index (χ0) is 23.5. The standard InChI is InChI=1S/C27H38ClNO2/c1-9-10-26(30)29(8)25-13-19(12-24(28)27(25)31)11-23-21(17(4)5)14-20(16(2)3)15-22(23)18(6)7/h12-18,31H,9-11H2,1-8H3. The second-order valence-corrected chi connectivity index (χ2v) is 9.87. The molecular formula is C27H38ClNO2. The molecule has 0 heterocycles. The molecule has 0 bridgehead atoms. The van der Waals surface area contributed by atoms with E-state index in [2.05, 4.69) is 53.7 Å². The van der Waals surface area contributed by atoms with Gasteiger partial charge in [0.25, 0.3) is 0 Å². The summed E-state index contributed by atoms with van der Waals surface area (Å²) in [5.41, 5.74) is 6.87. The Balaban J connectivity index is 2.61. The predicted molar refractivity (Wildman–Crippen MR) is 133 cm³/mol. The molecule has 4 heteroatoms. The van der Waals surface area contributed by atoms with Crippen molar-refractivity contribution in [2.24, 2.45) is 0 Å². The summed E-state index contributed by atoms with van der Waals surface area (Å²) < 4.78 is 0. The van der Waals surface area contributed by atoms with E-state index in [1.165, 1.54) is 27.2 Å². The van der Waals surface area contributed by atoms with Crippen molar-refractivity contribution >= 4 is 23.2 Å². The van der Waals surface area contributed by atoms with Gasteiger partial charge in [0.1, 0.15) is 0 Å². The third-order valence-corrected chi connectivity index (χ3v) is 6.22. The molecule has 1 amide bonds. The van der Waals surface area contributed by atoms with Crippen molar-refractivity contribution in [2.45, 2.75) is 85.5 Å². The van der Waals surface area contributed by atoms with Crippen molar-refractivity contribution < 1.29 is 9.90 Å². The lowest BCUT2D eigenvalue weighted by molar-refractivity contribution is -0.118. The fourth-order valence-electron chi connectivity index (χ4n) is 4.03. The third-order valence-electron chi connectivity index (χ3n) is 5.94. The van der Waals surface area contributed by atoms with Gasteiger partial charge < -0.3 is 10.0 Å². The molecule has 0 saturated carbocycles. The van der Waals surface area contributed by atoms with E-state index in [1.54, 1.807) is 7.05 Å². The van der Waals surface area contributed by atoms with Crippen LogP contribution in [0.3, 0.4) is 0 Å². The minimum Gasteiger partial charge on any atom is -0.504 e. The molecule has 0 aliphatic carbocycles. The van der Waals surface area contributed by atoms with Gasteiger partial charge in [-0.15, -0.1) is 0 Å². The first-order valence-corrected chi connectivity index (χ1v) is 11.8. The molecule has 0 spiro atoms. The van der Waals surface area contributed by atoms with Gasteiger partial charge in [-0.3, -0.25) is 4.79 Å². The summed E-state index contributed by atoms with van der Waals surface area (Å²) in [6.45, 7) is 15.4. The van der Waals surface area contributed by atoms with Gasteiger partial charge in [0, 0.05) is 13.5 Å². The highest BCUT2D eigenvalue weighted by Gasteiger charge is 2.21. The Kier molecular flexibility index (Phi) is 8.59. The van der Waals surface area contributed by atoms with Crippen LogP contribution in [-0.4, -0.2) is 18.1 Å². The Labute approximate surface area is 193 Å². The Morgan fingerprint density at radius 2 is 1.52 bits per heavy atom. The van der Waals surface area contributed by atoms with Crippen LogP contribution >= 0.6 is 11.6 Å². The molecule has 31 heavy (non-hydrogen) atoms. The van der Waals surface area contributed by atoms with Crippen molar-refractivity contribution in [2.75, 3.05) is 11.9 Å². The molecule has 2 rings (SSSR count). The summed E-state index contributed by atoms with van der Waals surface area (Å²) in [7, 11) is 1.70. The second kappa shape index (κ2) is 10.5. The first-order valence-electron chi connectivity index (χ1n) is 11.4. The minimum atomic E-state index is -0.0410. The summed E-state index contributed by atoms with van der Waals surface area (Å²) in [6.07, 6.45) is 1.90. The highest BCUT2D eigenvalue weighted by molar-refractivity contribution is 6.32. The number of nitrogens with zero attached hydrogens (tertiary/aromatic N) is 1. The number of phenolic OH excluding ortho intramolecular Hbond substituents is 1. The normalized spacial score (nSPS) is 11.6. The van der Waals surface area contributed by atoms with E-state index in [0.717, 1.165) is 12.0 Å². The van der Waals surface area contributed by atoms with Crippen LogP contribution < -0.4 is 4.90 Å². The molecule has 0 fully saturated rings. The maximum atomic E-state index is 12.4. The van der Waals surface area contributed by atoms with Crippen molar-refractivity contribution in [1.29, 1.82) is 0 Å². The largest absolute Gasteiger partial charge is 0.504 e. The SMILES string of the molecule is CCCC(=O)N(C)c1cc(Cc2c(C(C)C)cc(C(C)C)cc2C(C)C)cc(Cl)c1O. The Bertz CT molecular complexity index is 902. The quantitative estimate of drug-likeness (QED) is 0.452. The van der Waals surface area contributed by atoms with E-state index in [0.29, 0.717) is 36.3 Å². The van der Waals surface area contributed by atoms with E-state index in [4.69, 9.17) is 11.6 Å². The average Bonchev–Trinajstić information content (AvgIpc) is 2.69. The number of benzene rings is 2. The average molecular weight is 444 g/mol. The van der Waals surface area contributed by atoms with E-state index < -0.39 is 0 Å². The number of carbonyl (C=O) groups excluding carboxylic acids is 1. The summed E-state index contributed by atoms with van der Waals surface area (Å²) in [6, 6.07) is 8.41. The van der Waals surface area contributed by atoms with Crippen LogP contribution in [0.4, 0.5) is 5.69 Å². The molecular weight excluding hydrogens is 406 g/mol. The molecule has 170 valence electrons. The number of halogens is 1. The number of hydrogen-bond acceptors (Lipinski definition) is 2. The molecule has 2 aromatic carbocycles. The lowest BCUT2D eigenvalue weighted by Gasteiger charge is -2.24. The van der Waals surface area contributed by atoms with Gasteiger partial charge in [0.05, 0.1) is 10.7 Å². The number of rotatable bonds is 8. The van der Waals surface area contributed by atoms with Crippen LogP contribution in [0.2, 0.25) is 5.02 Å². The van der Waals surface area contributed by atoms with Gasteiger partial charge in [-0.1, -0.05) is 72.2 Å². The number of carbonyl (C=O) groups is 1. The smallest absolute Gasteiger partial charge is 0.226 e. The van der Waals surface area contributed by atoms with Crippen molar-refractivity contribution in [1.82, 2.24) is 0 Å². The molecule has 3 nitrogen and oxygen atoms in total. The van der Waals surface area contributed by atoms with Crippen LogP contribution in [0.5, 0.6) is 5.75 Å². The summed E-state index contributed by atoms with van der Waals surface area (Å²) in [5.74, 6) is 1.19. The number of phenols is 1. The molecule has 1 N–H and O–H groups in total. The van der Waals surface area contributed by atoms with Gasteiger partial charge in [-0.05, 0) is 70.5 Å². The number of amides is 1. The molecule has 0 radical (unpaired) electrons. The molecule has 2 aromatic rings. The number of anilines is 1. The summed E-state index contributed by atoms with van der Waals surface area (Å²) >= 11 is 6.39. The minimum absolute atomic E-state index is 0.0296. The van der Waals surface area contributed by atoms with E-state index >= 15 is 0 Å². The van der Waals surface area contributed by atoms with Crippen LogP contribution in [-0.2, 0) is 11.2 Å². The molecule has 0 atom stereocenters. The lowest BCUT2D eigenvalue weighted by Crippen LogP contribution is -2.26. The van der Waals surface area contributed by atoms with Crippen molar-refractivity contribution in [3.05, 3.63) is 57.1 Å². The topological polar surface area (TPSA) is 40.5 Å². The first-order chi connectivity index (χ1) is 14.5. The van der Waals surface area contributed by atoms with Crippen LogP contribution in [0, 0.1) is 0 Å². The van der Waals surface area contributed by atoms with E-state index in [1.807, 2.05) is 19.1 Å². The zero-order valence-corrected chi connectivity index (χ0v) is 21.1. The monoisotopic (exact) mass is 443 g/mol. The number of aromatic hydroxyl groups is 1. The van der Waals surface area contributed by atoms with Crippen LogP contribution in [0.25, 0.3) is 0 Å². The van der Waals surface area contributed by atoms with Gasteiger partial charge in [0.2, 0.25) is 5.91 Å². The first kappa shape index (κ1) is 25.3. The van der Waals surface area contributed by atoms with Crippen LogP contribution in [0.15, 0.2) is 24.3 Å². The lowest BCUT2D eigenvalue weighted by atomic mass is 9.82. The van der Waals surface area contributed by atoms with Gasteiger partial charge >= 0.3 is 0 Å². The van der Waals surface area contributed by atoms with Crippen molar-refractivity contribution in [3.8, 4) is 5.75 Å². The van der Waals surface area contributed by atoms with E-state index in [9.17, 15) is 9.90 Å². The van der Waals surface area contributed by atoms with Gasteiger partial charge in [-0.25, -0.2) is 0 Å². The van der Waals surface area contributed by atoms with Crippen LogP contribution in [0.1, 0.15) is 107 Å². The highest BCUT2D eigenvalue weighted by atomic mass is 35.5. The number of hydrogen-bond donors (Lipinski definition) is 1. The van der Waals surface area contributed by atoms with Gasteiger partial charge in [0.15, 0.2) is 5.75 Å². The van der Waals surface area contributed by atoms with Crippen molar-refractivity contribution in [3.63, 3.8) is 0 Å². The zero-order valence-electron chi connectivity index (χ0n) is 20.3. The predicted octanol–water partition coefficient (Wildman–Crippen LogP) is 7.77. The third kappa shape index (κ3) is 5.83. The fraction of sp³-hybridized carbons (Fsp3) is 0.519. The Morgan fingerprint density at radius 3 is 1.97 bits per heavy atom. The molecule has 0 aromatic heterocycles. The van der Waals surface area contributed by atoms with Gasteiger partial charge in [-0.2, -0.15) is 0 Å². The molecule has 0 saturated heterocycles. The maximum Gasteiger partial charge on any atom is 0.226 e. The molecule has 0 unspecified atom stereocenters. The molecule has 0 aliphatic heterocycles. The molecule has 0 aliphatic rings. The maximum absolute atomic E-state index is 12.4. The highest BCUT2D eigenvalue weighted by Crippen LogP contribution is 2.38. The fourth-order valence-corrected chi connectivity index (χ4v) is 4.26. The summed E-state index contributed by atoms with van der Waals surface area (Å²) in [5, 5.41) is 10.8. The summed E-state index contributed by atoms with van der Waals surface area (Å²) in [4.78, 5) is 14.0. The second-order valence-electron chi connectivity index (χ2n) is 9.47. The Morgan fingerprint density at radius 1 is 0.968 bits per heavy atom.